The summed E-state index contributed by atoms with van der Waals surface area (Å²) >= 11 is 1.70. The van der Waals surface area contributed by atoms with E-state index in [1.54, 1.807) is 16.2 Å². The Bertz CT molecular complexity index is 806. The van der Waals surface area contributed by atoms with Gasteiger partial charge in [0.15, 0.2) is 6.61 Å². The Morgan fingerprint density at radius 2 is 1.93 bits per heavy atom. The average Bonchev–Trinajstić information content (AvgIpc) is 3.17. The molecule has 142 valence electrons. The van der Waals surface area contributed by atoms with Crippen LogP contribution in [-0.2, 0) is 33.8 Å². The Morgan fingerprint density at radius 3 is 2.74 bits per heavy atom. The molecule has 27 heavy (non-hydrogen) atoms. The van der Waals surface area contributed by atoms with Gasteiger partial charge in [0.05, 0.1) is 0 Å². The van der Waals surface area contributed by atoms with Crippen molar-refractivity contribution in [3.8, 4) is 0 Å². The lowest BCUT2D eigenvalue weighted by molar-refractivity contribution is -0.151. The van der Waals surface area contributed by atoms with Crippen LogP contribution in [0.25, 0.3) is 0 Å². The van der Waals surface area contributed by atoms with Crippen LogP contribution in [0.4, 0.5) is 4.79 Å². The lowest BCUT2D eigenvalue weighted by Gasteiger charge is -2.26. The smallest absolute Gasteiger partial charge is 0.325 e. The van der Waals surface area contributed by atoms with Crippen molar-refractivity contribution in [3.05, 3.63) is 57.8 Å². The number of nitrogens with one attached hydrogen (secondary N) is 2. The third-order valence-electron chi connectivity index (χ3n) is 4.21. The van der Waals surface area contributed by atoms with E-state index in [0.717, 1.165) is 17.5 Å². The molecule has 0 unspecified atom stereocenters. The van der Waals surface area contributed by atoms with E-state index in [4.69, 9.17) is 4.74 Å². The van der Waals surface area contributed by atoms with Crippen LogP contribution in [0.2, 0.25) is 0 Å². The van der Waals surface area contributed by atoms with Gasteiger partial charge in [0.2, 0.25) is 0 Å². The van der Waals surface area contributed by atoms with Gasteiger partial charge < -0.3 is 20.3 Å². The maximum atomic E-state index is 12.2. The van der Waals surface area contributed by atoms with E-state index in [2.05, 4.69) is 10.6 Å². The number of hydrogen-bond donors (Lipinski definition) is 2. The van der Waals surface area contributed by atoms with Crippen molar-refractivity contribution in [2.75, 3.05) is 19.7 Å². The predicted octanol–water partition coefficient (Wildman–Crippen LogP) is 1.68. The second kappa shape index (κ2) is 9.18. The summed E-state index contributed by atoms with van der Waals surface area (Å²) in [6, 6.07) is 11.0. The SMILES string of the molecule is O=C(NCC(=O)OCC(=O)N1CCc2sccc2C1)NCc1ccccc1. The first kappa shape index (κ1) is 18.9. The van der Waals surface area contributed by atoms with Crippen molar-refractivity contribution in [2.24, 2.45) is 0 Å². The van der Waals surface area contributed by atoms with Gasteiger partial charge in [0, 0.05) is 24.5 Å². The van der Waals surface area contributed by atoms with Crippen molar-refractivity contribution in [1.29, 1.82) is 0 Å². The molecule has 0 fully saturated rings. The zero-order chi connectivity index (χ0) is 19.1. The average molecular weight is 387 g/mol. The first-order chi connectivity index (χ1) is 13.1. The summed E-state index contributed by atoms with van der Waals surface area (Å²) < 4.78 is 4.97. The molecule has 0 atom stereocenters. The van der Waals surface area contributed by atoms with Crippen molar-refractivity contribution in [2.45, 2.75) is 19.5 Å². The first-order valence-corrected chi connectivity index (χ1v) is 9.54. The molecule has 3 rings (SSSR count). The molecule has 0 spiro atoms. The monoisotopic (exact) mass is 387 g/mol. The highest BCUT2D eigenvalue weighted by molar-refractivity contribution is 7.10. The summed E-state index contributed by atoms with van der Waals surface area (Å²) in [5.74, 6) is -0.875. The van der Waals surface area contributed by atoms with Gasteiger partial charge in [0.1, 0.15) is 6.54 Å². The summed E-state index contributed by atoms with van der Waals surface area (Å²) in [7, 11) is 0. The van der Waals surface area contributed by atoms with Crippen LogP contribution in [0.1, 0.15) is 16.0 Å². The molecule has 0 saturated heterocycles. The minimum Gasteiger partial charge on any atom is -0.454 e. The highest BCUT2D eigenvalue weighted by Gasteiger charge is 2.22. The van der Waals surface area contributed by atoms with Gasteiger partial charge >= 0.3 is 12.0 Å². The fraction of sp³-hybridized carbons (Fsp3) is 0.316. The number of carbonyl (C=O) groups is 3. The van der Waals surface area contributed by atoms with Crippen LogP contribution in [0.3, 0.4) is 0 Å². The van der Waals surface area contributed by atoms with Crippen LogP contribution < -0.4 is 10.6 Å². The number of nitrogens with zero attached hydrogens (tertiary/aromatic N) is 1. The van der Waals surface area contributed by atoms with Crippen LogP contribution >= 0.6 is 11.3 Å². The lowest BCUT2D eigenvalue weighted by atomic mass is 10.1. The number of fused-ring (bicyclic) bond motifs is 1. The molecule has 8 heteroatoms. The highest BCUT2D eigenvalue weighted by Crippen LogP contribution is 2.23. The molecule has 1 aromatic heterocycles. The van der Waals surface area contributed by atoms with Crippen LogP contribution in [-0.4, -0.2) is 42.5 Å². The minimum atomic E-state index is -0.647. The number of hydrogen-bond acceptors (Lipinski definition) is 5. The number of esters is 1. The van der Waals surface area contributed by atoms with E-state index in [9.17, 15) is 14.4 Å². The van der Waals surface area contributed by atoms with Crippen molar-refractivity contribution in [1.82, 2.24) is 15.5 Å². The molecular weight excluding hydrogens is 366 g/mol. The van der Waals surface area contributed by atoms with Crippen molar-refractivity contribution in [3.63, 3.8) is 0 Å². The third-order valence-corrected chi connectivity index (χ3v) is 5.23. The minimum absolute atomic E-state index is 0.228. The summed E-state index contributed by atoms with van der Waals surface area (Å²) in [4.78, 5) is 38.6. The Labute approximate surface area is 161 Å². The molecule has 0 saturated carbocycles. The topological polar surface area (TPSA) is 87.7 Å². The Hall–Kier alpha value is -2.87. The van der Waals surface area contributed by atoms with E-state index in [-0.39, 0.29) is 19.1 Å². The molecule has 2 heterocycles. The van der Waals surface area contributed by atoms with Gasteiger partial charge in [-0.3, -0.25) is 9.59 Å². The second-order valence-corrected chi connectivity index (χ2v) is 7.12. The molecule has 1 aromatic carbocycles. The van der Waals surface area contributed by atoms with Gasteiger partial charge in [-0.05, 0) is 29.0 Å². The number of carbonyl (C=O) groups excluding carboxylic acids is 3. The molecule has 0 bridgehead atoms. The number of ether oxygens (including phenoxy) is 1. The van der Waals surface area contributed by atoms with Gasteiger partial charge in [-0.1, -0.05) is 30.3 Å². The van der Waals surface area contributed by atoms with Gasteiger partial charge in [-0.15, -0.1) is 11.3 Å². The molecular formula is C19H21N3O4S. The zero-order valence-corrected chi connectivity index (χ0v) is 15.6. The molecule has 3 amide bonds. The first-order valence-electron chi connectivity index (χ1n) is 8.66. The lowest BCUT2D eigenvalue weighted by Crippen LogP contribution is -2.41. The summed E-state index contributed by atoms with van der Waals surface area (Å²) in [5.41, 5.74) is 2.11. The zero-order valence-electron chi connectivity index (χ0n) is 14.8. The van der Waals surface area contributed by atoms with Gasteiger partial charge in [-0.2, -0.15) is 0 Å². The number of rotatable bonds is 6. The largest absolute Gasteiger partial charge is 0.454 e. The number of urea groups is 1. The molecule has 0 aliphatic carbocycles. The molecule has 1 aliphatic rings. The summed E-state index contributed by atoms with van der Waals surface area (Å²) in [5, 5.41) is 7.08. The number of amides is 3. The predicted molar refractivity (Wildman–Crippen MR) is 101 cm³/mol. The van der Waals surface area contributed by atoms with Crippen LogP contribution in [0.5, 0.6) is 0 Å². The molecule has 2 aromatic rings. The normalized spacial score (nSPS) is 12.8. The molecule has 7 nitrogen and oxygen atoms in total. The van der Waals surface area contributed by atoms with Crippen molar-refractivity contribution >= 4 is 29.2 Å². The maximum absolute atomic E-state index is 12.2. The third kappa shape index (κ3) is 5.55. The van der Waals surface area contributed by atoms with Crippen molar-refractivity contribution < 1.29 is 19.1 Å². The van der Waals surface area contributed by atoms with Gasteiger partial charge in [-0.25, -0.2) is 4.79 Å². The fourth-order valence-electron chi connectivity index (χ4n) is 2.74. The van der Waals surface area contributed by atoms with Gasteiger partial charge in [0.25, 0.3) is 5.91 Å². The Kier molecular flexibility index (Phi) is 6.43. The Morgan fingerprint density at radius 1 is 1.11 bits per heavy atom. The quantitative estimate of drug-likeness (QED) is 0.738. The number of thiophene rings is 1. The van der Waals surface area contributed by atoms with E-state index in [0.29, 0.717) is 19.6 Å². The Balaban J connectivity index is 1.32. The van der Waals surface area contributed by atoms with E-state index >= 15 is 0 Å². The highest BCUT2D eigenvalue weighted by atomic mass is 32.1. The fourth-order valence-corrected chi connectivity index (χ4v) is 3.63. The molecule has 2 N–H and O–H groups in total. The van der Waals surface area contributed by atoms with Crippen LogP contribution in [0, 0.1) is 0 Å². The molecule has 1 aliphatic heterocycles. The standard InChI is InChI=1S/C19H21N3O4S/c23-17(22-8-6-16-15(12-22)7-9-27-16)13-26-18(24)11-21-19(25)20-10-14-4-2-1-3-5-14/h1-5,7,9H,6,8,10-13H2,(H2,20,21,25). The van der Waals surface area contributed by atoms with Crippen LogP contribution in [0.15, 0.2) is 41.8 Å². The van der Waals surface area contributed by atoms with E-state index in [1.807, 2.05) is 41.8 Å². The summed E-state index contributed by atoms with van der Waals surface area (Å²) in [6.45, 7) is 0.938. The maximum Gasteiger partial charge on any atom is 0.325 e. The molecule has 0 radical (unpaired) electrons. The van der Waals surface area contributed by atoms with E-state index in [1.165, 1.54) is 4.88 Å². The second-order valence-electron chi connectivity index (χ2n) is 6.12. The van der Waals surface area contributed by atoms with E-state index < -0.39 is 12.0 Å². The summed E-state index contributed by atoms with van der Waals surface area (Å²) in [6.07, 6.45) is 0.829. The number of benzene rings is 1.